The topological polar surface area (TPSA) is 141 Å². The van der Waals surface area contributed by atoms with Gasteiger partial charge in [-0.1, -0.05) is 19.3 Å². The molecule has 13 heteroatoms. The molecule has 2 aliphatic rings. The quantitative estimate of drug-likeness (QED) is 0.477. The second kappa shape index (κ2) is 13.5. The van der Waals surface area contributed by atoms with Crippen molar-refractivity contribution in [3.63, 3.8) is 0 Å². The molecule has 2 aromatic rings. The first-order valence-corrected chi connectivity index (χ1v) is 15.5. The molecule has 4 rings (SSSR count). The van der Waals surface area contributed by atoms with Gasteiger partial charge in [0.1, 0.15) is 29.2 Å². The zero-order valence-electron chi connectivity index (χ0n) is 26.9. The third-order valence-electron chi connectivity index (χ3n) is 8.78. The van der Waals surface area contributed by atoms with Crippen molar-refractivity contribution in [2.75, 3.05) is 33.2 Å². The predicted molar refractivity (Wildman–Crippen MR) is 164 cm³/mol. The van der Waals surface area contributed by atoms with Crippen LogP contribution in [-0.2, 0) is 21.4 Å². The highest BCUT2D eigenvalue weighted by atomic mass is 19.1. The number of carboxylic acid groups (broad SMARTS) is 1. The van der Waals surface area contributed by atoms with Gasteiger partial charge in [-0.05, 0) is 64.7 Å². The Morgan fingerprint density at radius 2 is 1.62 bits per heavy atom. The van der Waals surface area contributed by atoms with Crippen molar-refractivity contribution in [2.45, 2.75) is 77.5 Å². The number of carboxylic acids is 1. The molecule has 246 valence electrons. The van der Waals surface area contributed by atoms with Crippen LogP contribution >= 0.6 is 0 Å². The Bertz CT molecular complexity index is 1470. The maximum absolute atomic E-state index is 14.0. The maximum atomic E-state index is 14.0. The van der Waals surface area contributed by atoms with Crippen LogP contribution in [0.25, 0.3) is 10.9 Å². The number of nitrogens with zero attached hydrogens (tertiary/aromatic N) is 4. The lowest BCUT2D eigenvalue weighted by Crippen LogP contribution is -2.60. The molecule has 4 amide bonds. The summed E-state index contributed by atoms with van der Waals surface area (Å²) in [6, 6.07) is 2.09. The number of amides is 4. The number of piperazine rings is 1. The summed E-state index contributed by atoms with van der Waals surface area (Å²) >= 11 is 0. The molecule has 2 fully saturated rings. The van der Waals surface area contributed by atoms with Crippen molar-refractivity contribution in [2.24, 2.45) is 13.0 Å². The highest BCUT2D eigenvalue weighted by Gasteiger charge is 2.38. The fourth-order valence-corrected chi connectivity index (χ4v) is 6.15. The molecule has 1 aliphatic carbocycles. The Kier molecular flexibility index (Phi) is 10.1. The second-order valence-electron chi connectivity index (χ2n) is 13.0. The molecular weight excluding hydrogens is 585 g/mol. The lowest BCUT2D eigenvalue weighted by Gasteiger charge is -2.39. The van der Waals surface area contributed by atoms with Crippen LogP contribution < -0.4 is 5.32 Å². The minimum absolute atomic E-state index is 0.0571. The van der Waals surface area contributed by atoms with Gasteiger partial charge in [0.2, 0.25) is 11.8 Å². The minimum atomic E-state index is -1.33. The summed E-state index contributed by atoms with van der Waals surface area (Å²) in [6.45, 7) is 7.49. The molecule has 1 saturated heterocycles. The third-order valence-corrected chi connectivity index (χ3v) is 8.78. The van der Waals surface area contributed by atoms with Crippen LogP contribution in [0, 0.1) is 11.7 Å². The molecule has 0 radical (unpaired) electrons. The number of likely N-dealkylation sites (N-methyl/N-ethyl adjacent to an activating group) is 1. The smallest absolute Gasteiger partial charge is 0.410 e. The highest BCUT2D eigenvalue weighted by molar-refractivity contribution is 6.13. The number of hydrogen-bond acceptors (Lipinski definition) is 6. The molecule has 0 spiro atoms. The number of carbonyl (C=O) groups excluding carboxylic acids is 4. The molecule has 2 heterocycles. The van der Waals surface area contributed by atoms with Crippen LogP contribution in [0.3, 0.4) is 0 Å². The van der Waals surface area contributed by atoms with Crippen LogP contribution in [0.4, 0.5) is 9.18 Å². The Morgan fingerprint density at radius 1 is 1.02 bits per heavy atom. The zero-order valence-corrected chi connectivity index (χ0v) is 26.9. The van der Waals surface area contributed by atoms with E-state index in [4.69, 9.17) is 4.74 Å². The summed E-state index contributed by atoms with van der Waals surface area (Å²) in [5.41, 5.74) is -0.630. The fourth-order valence-electron chi connectivity index (χ4n) is 6.15. The Labute approximate surface area is 262 Å². The maximum Gasteiger partial charge on any atom is 0.410 e. The van der Waals surface area contributed by atoms with Gasteiger partial charge in [0.05, 0.1) is 5.56 Å². The average molecular weight is 630 g/mol. The number of nitrogens with one attached hydrogen (secondary N) is 1. The van der Waals surface area contributed by atoms with E-state index in [0.717, 1.165) is 38.2 Å². The number of benzene rings is 1. The third kappa shape index (κ3) is 7.39. The van der Waals surface area contributed by atoms with Gasteiger partial charge in [-0.2, -0.15) is 0 Å². The van der Waals surface area contributed by atoms with Gasteiger partial charge in [-0.3, -0.25) is 19.3 Å². The van der Waals surface area contributed by atoms with E-state index < -0.39 is 47.4 Å². The summed E-state index contributed by atoms with van der Waals surface area (Å²) < 4.78 is 20.8. The molecular formula is C32H44FN5O7. The number of fused-ring (bicyclic) bond motifs is 1. The molecule has 0 bridgehead atoms. The van der Waals surface area contributed by atoms with Crippen molar-refractivity contribution >= 4 is 40.7 Å². The average Bonchev–Trinajstić information content (AvgIpc) is 3.29. The number of rotatable bonds is 7. The van der Waals surface area contributed by atoms with Crippen molar-refractivity contribution < 1.29 is 38.2 Å². The normalized spacial score (nSPS) is 17.5. The molecule has 2 N–H and O–H groups in total. The zero-order chi connectivity index (χ0) is 33.2. The van der Waals surface area contributed by atoms with Gasteiger partial charge in [0.15, 0.2) is 0 Å². The molecule has 1 aromatic heterocycles. The van der Waals surface area contributed by atoms with Crippen molar-refractivity contribution in [1.29, 1.82) is 0 Å². The van der Waals surface area contributed by atoms with Crippen molar-refractivity contribution in [3.05, 3.63) is 35.3 Å². The van der Waals surface area contributed by atoms with E-state index in [-0.39, 0.29) is 54.6 Å². The van der Waals surface area contributed by atoms with E-state index in [1.165, 1.54) is 33.5 Å². The standard InChI is InChI=1S/C32H44FN5O7/c1-19(35(5)31(44)45-32(2,3)4)27(39)34-25(20-10-8-7-9-11-20)28(40)37-14-16-38(17-15-37)29(41)26-24(30(42)43)22-18-21(33)12-13-23(22)36(26)6/h12-13,18-20,25H,7-11,14-17H2,1-6H3,(H,34,39)(H,42,43). The number of halogens is 1. The van der Waals surface area contributed by atoms with Gasteiger partial charge in [0, 0.05) is 51.2 Å². The van der Waals surface area contributed by atoms with Gasteiger partial charge < -0.3 is 29.5 Å². The number of aromatic carboxylic acids is 1. The predicted octanol–water partition coefficient (Wildman–Crippen LogP) is 3.62. The van der Waals surface area contributed by atoms with Gasteiger partial charge in [0.25, 0.3) is 5.91 Å². The Hall–Kier alpha value is -4.16. The van der Waals surface area contributed by atoms with E-state index in [0.29, 0.717) is 5.52 Å². The first-order valence-electron chi connectivity index (χ1n) is 15.5. The number of ether oxygens (including phenoxy) is 1. The van der Waals surface area contributed by atoms with E-state index in [2.05, 4.69) is 5.32 Å². The molecule has 12 nitrogen and oxygen atoms in total. The minimum Gasteiger partial charge on any atom is -0.478 e. The summed E-state index contributed by atoms with van der Waals surface area (Å²) in [6.07, 6.45) is 3.87. The molecule has 1 aliphatic heterocycles. The summed E-state index contributed by atoms with van der Waals surface area (Å²) in [4.78, 5) is 70.0. The summed E-state index contributed by atoms with van der Waals surface area (Å²) in [5, 5.41) is 13.0. The van der Waals surface area contributed by atoms with Crippen molar-refractivity contribution in [1.82, 2.24) is 24.6 Å². The Morgan fingerprint density at radius 3 is 2.20 bits per heavy atom. The van der Waals surface area contributed by atoms with Crippen LogP contribution in [0.2, 0.25) is 0 Å². The van der Waals surface area contributed by atoms with Gasteiger partial charge in [-0.25, -0.2) is 14.0 Å². The van der Waals surface area contributed by atoms with E-state index >= 15 is 0 Å². The van der Waals surface area contributed by atoms with E-state index in [9.17, 15) is 33.5 Å². The summed E-state index contributed by atoms with van der Waals surface area (Å²) in [5.74, 6) is -3.23. The first kappa shape index (κ1) is 33.7. The lowest BCUT2D eigenvalue weighted by molar-refractivity contribution is -0.140. The number of aromatic nitrogens is 1. The SMILES string of the molecule is CC(C(=O)NC(C(=O)N1CCN(C(=O)c2c(C(=O)O)c3cc(F)ccc3n2C)CC1)C1CCCCC1)N(C)C(=O)OC(C)(C)C. The second-order valence-corrected chi connectivity index (χ2v) is 13.0. The van der Waals surface area contributed by atoms with E-state index in [1.54, 1.807) is 39.6 Å². The summed E-state index contributed by atoms with van der Waals surface area (Å²) in [7, 11) is 3.05. The fraction of sp³-hybridized carbons (Fsp3) is 0.594. The molecule has 2 atom stereocenters. The molecule has 2 unspecified atom stereocenters. The monoisotopic (exact) mass is 629 g/mol. The largest absolute Gasteiger partial charge is 0.478 e. The van der Waals surface area contributed by atoms with Crippen LogP contribution in [0.15, 0.2) is 18.2 Å². The molecule has 1 aromatic carbocycles. The van der Waals surface area contributed by atoms with Gasteiger partial charge in [-0.15, -0.1) is 0 Å². The highest BCUT2D eigenvalue weighted by Crippen LogP contribution is 2.30. The van der Waals surface area contributed by atoms with Crippen LogP contribution in [0.5, 0.6) is 0 Å². The number of hydrogen-bond donors (Lipinski definition) is 2. The Balaban J connectivity index is 1.48. The van der Waals surface area contributed by atoms with Crippen LogP contribution in [0.1, 0.15) is 80.6 Å². The number of carbonyl (C=O) groups is 5. The molecule has 1 saturated carbocycles. The number of aryl methyl sites for hydroxylation is 1. The van der Waals surface area contributed by atoms with Crippen molar-refractivity contribution in [3.8, 4) is 0 Å². The van der Waals surface area contributed by atoms with Gasteiger partial charge >= 0.3 is 12.1 Å². The lowest BCUT2D eigenvalue weighted by atomic mass is 9.83. The first-order chi connectivity index (χ1) is 21.1. The molecule has 45 heavy (non-hydrogen) atoms. The van der Waals surface area contributed by atoms with E-state index in [1.807, 2.05) is 0 Å². The van der Waals surface area contributed by atoms with Crippen LogP contribution in [-0.4, -0.2) is 105 Å².